The summed E-state index contributed by atoms with van der Waals surface area (Å²) in [6.07, 6.45) is 108. The van der Waals surface area contributed by atoms with Crippen molar-refractivity contribution < 1.29 is 42.9 Å². The Bertz CT molecular complexity index is 1740. The lowest BCUT2D eigenvalue weighted by atomic mass is 10.0. The minimum atomic E-state index is -1.62. The van der Waals surface area contributed by atoms with Crippen LogP contribution >= 0.6 is 0 Å². The molecule has 2 atom stereocenters. The molecule has 0 spiro atoms. The van der Waals surface area contributed by atoms with Gasteiger partial charge in [-0.2, -0.15) is 0 Å². The van der Waals surface area contributed by atoms with E-state index in [2.05, 4.69) is 38.2 Å². The second kappa shape index (κ2) is 85.4. The first-order valence-corrected chi connectivity index (χ1v) is 46.5. The van der Waals surface area contributed by atoms with E-state index in [9.17, 15) is 19.5 Å². The zero-order valence-electron chi connectivity index (χ0n) is 70.2. The summed E-state index contributed by atoms with van der Waals surface area (Å²) in [7, 11) is 5.96. The van der Waals surface area contributed by atoms with Gasteiger partial charge >= 0.3 is 11.9 Å². The van der Waals surface area contributed by atoms with E-state index in [0.717, 1.165) is 44.9 Å². The average molecular weight is 1450 g/mol. The number of esters is 2. The van der Waals surface area contributed by atoms with Crippen molar-refractivity contribution in [2.45, 2.75) is 514 Å². The molecule has 0 aliphatic rings. The van der Waals surface area contributed by atoms with Gasteiger partial charge in [0, 0.05) is 12.8 Å². The summed E-state index contributed by atoms with van der Waals surface area (Å²) in [6.45, 7) is 4.84. The van der Waals surface area contributed by atoms with Gasteiger partial charge in [0.1, 0.15) is 13.2 Å². The van der Waals surface area contributed by atoms with Crippen molar-refractivity contribution in [3.05, 3.63) is 24.3 Å². The molecule has 0 amide bonds. The molecule has 0 aliphatic heterocycles. The van der Waals surface area contributed by atoms with Crippen molar-refractivity contribution in [3.63, 3.8) is 0 Å². The standard InChI is InChI=1S/C94H181NO8/c1-6-8-10-12-14-16-18-20-22-24-26-28-30-32-34-36-38-40-42-44-46-48-50-52-54-56-58-60-62-64-66-68-70-72-74-76-78-80-82-84-91(96)101-88-90(89-102-94(93(98)99)100-87-86-95(3,4)5)103-92(97)85-83-81-79-77-75-73-71-69-67-65-63-61-59-57-55-53-51-49-47-45-43-41-39-37-35-33-31-29-27-25-23-21-19-17-15-13-11-9-7-2/h19,21,25,27,90,94H,6-18,20,22-24,26,28-89H2,1-5H3/b21-19-,27-25-. The normalized spacial score (nSPS) is 12.6. The van der Waals surface area contributed by atoms with Crippen molar-refractivity contribution >= 4 is 17.9 Å². The van der Waals surface area contributed by atoms with E-state index in [1.807, 2.05) is 21.1 Å². The summed E-state index contributed by atoms with van der Waals surface area (Å²) in [5.74, 6) is -2.24. The number of carboxylic acid groups (broad SMARTS) is 1. The average Bonchev–Trinajstić information content (AvgIpc) is 0.985. The van der Waals surface area contributed by atoms with Gasteiger partial charge in [-0.1, -0.05) is 468 Å². The molecule has 9 nitrogen and oxygen atoms in total. The Hall–Kier alpha value is -2.23. The van der Waals surface area contributed by atoms with Crippen LogP contribution in [-0.4, -0.2) is 82.3 Å². The second-order valence-corrected chi connectivity index (χ2v) is 33.3. The maximum atomic E-state index is 13.0. The lowest BCUT2D eigenvalue weighted by molar-refractivity contribution is -0.870. The summed E-state index contributed by atoms with van der Waals surface area (Å²) >= 11 is 0. The monoisotopic (exact) mass is 1450 g/mol. The first-order valence-electron chi connectivity index (χ1n) is 46.5. The summed E-state index contributed by atoms with van der Waals surface area (Å²) in [4.78, 5) is 37.7. The molecule has 0 bridgehead atoms. The fourth-order valence-electron chi connectivity index (χ4n) is 14.6. The summed E-state index contributed by atoms with van der Waals surface area (Å²) < 4.78 is 22.9. The highest BCUT2D eigenvalue weighted by atomic mass is 16.7. The number of likely N-dealkylation sites (N-methyl/N-ethyl adjacent to an activating group) is 1. The van der Waals surface area contributed by atoms with Crippen LogP contribution in [0.15, 0.2) is 24.3 Å². The Balaban J connectivity index is 3.86. The molecule has 0 fully saturated rings. The summed E-state index contributed by atoms with van der Waals surface area (Å²) in [5, 5.41) is 11.9. The molecule has 103 heavy (non-hydrogen) atoms. The SMILES string of the molecule is CCCCCCC/C=C\C/C=C\CCCCCCCCCCCCCCCCCCCCCCCCCCCCCC(=O)OC(COC(=O)CCCCCCCCCCCCCCCCCCCCCCCCCCCCCCCCCCCCCCCCC)COC(OCC[N+](C)(C)C)C(=O)[O-]. The van der Waals surface area contributed by atoms with E-state index in [4.69, 9.17) is 18.9 Å². The van der Waals surface area contributed by atoms with Crippen LogP contribution in [0.2, 0.25) is 0 Å². The van der Waals surface area contributed by atoms with E-state index in [-0.39, 0.29) is 32.2 Å². The Morgan fingerprint density at radius 3 is 0.767 bits per heavy atom. The number of nitrogens with zero attached hydrogens (tertiary/aromatic N) is 1. The number of hydrogen-bond acceptors (Lipinski definition) is 8. The molecule has 0 saturated heterocycles. The molecule has 610 valence electrons. The van der Waals surface area contributed by atoms with Crippen LogP contribution < -0.4 is 5.11 Å². The van der Waals surface area contributed by atoms with Gasteiger partial charge in [0.2, 0.25) is 0 Å². The van der Waals surface area contributed by atoms with Crippen molar-refractivity contribution in [1.29, 1.82) is 0 Å². The van der Waals surface area contributed by atoms with Crippen LogP contribution in [0.5, 0.6) is 0 Å². The zero-order chi connectivity index (χ0) is 74.6. The van der Waals surface area contributed by atoms with Crippen LogP contribution in [0.1, 0.15) is 502 Å². The maximum absolute atomic E-state index is 13.0. The molecule has 0 radical (unpaired) electrons. The fraction of sp³-hybridized carbons (Fsp3) is 0.926. The Kier molecular flexibility index (Phi) is 83.5. The first-order chi connectivity index (χ1) is 50.6. The lowest BCUT2D eigenvalue weighted by Crippen LogP contribution is -2.44. The number of carbonyl (C=O) groups excluding carboxylic acids is 3. The highest BCUT2D eigenvalue weighted by molar-refractivity contribution is 5.70. The van der Waals surface area contributed by atoms with E-state index >= 15 is 0 Å². The number of carbonyl (C=O) groups is 3. The Morgan fingerprint density at radius 2 is 0.524 bits per heavy atom. The lowest BCUT2D eigenvalue weighted by Gasteiger charge is -2.26. The molecule has 0 N–H and O–H groups in total. The number of quaternary nitrogens is 1. The molecule has 2 unspecified atom stereocenters. The quantitative estimate of drug-likeness (QED) is 0.0195. The van der Waals surface area contributed by atoms with Gasteiger partial charge < -0.3 is 33.3 Å². The molecule has 0 aromatic rings. The van der Waals surface area contributed by atoms with Gasteiger partial charge in [-0.3, -0.25) is 9.59 Å². The van der Waals surface area contributed by atoms with E-state index < -0.39 is 24.3 Å². The molecule has 0 saturated carbocycles. The summed E-state index contributed by atoms with van der Waals surface area (Å²) in [5.41, 5.74) is 0. The zero-order valence-corrected chi connectivity index (χ0v) is 70.2. The van der Waals surface area contributed by atoms with Gasteiger partial charge in [-0.25, -0.2) is 0 Å². The molecule has 0 aromatic carbocycles. The molecular formula is C94H181NO8. The van der Waals surface area contributed by atoms with E-state index in [0.29, 0.717) is 17.4 Å². The third-order valence-corrected chi connectivity index (χ3v) is 21.7. The molecule has 0 rings (SSSR count). The van der Waals surface area contributed by atoms with Gasteiger partial charge in [0.05, 0.1) is 40.3 Å². The topological polar surface area (TPSA) is 111 Å². The molecule has 0 heterocycles. The number of rotatable bonds is 89. The number of aliphatic carboxylic acids is 1. The van der Waals surface area contributed by atoms with Gasteiger partial charge in [0.25, 0.3) is 0 Å². The largest absolute Gasteiger partial charge is 0.545 e. The van der Waals surface area contributed by atoms with Gasteiger partial charge in [-0.15, -0.1) is 0 Å². The number of ether oxygens (including phenoxy) is 4. The molecule has 0 aliphatic carbocycles. The molecule has 9 heteroatoms. The predicted molar refractivity (Wildman–Crippen MR) is 445 cm³/mol. The summed E-state index contributed by atoms with van der Waals surface area (Å²) in [6, 6.07) is 0. The second-order valence-electron chi connectivity index (χ2n) is 33.3. The minimum Gasteiger partial charge on any atom is -0.545 e. The van der Waals surface area contributed by atoms with Crippen molar-refractivity contribution in [3.8, 4) is 0 Å². The smallest absolute Gasteiger partial charge is 0.306 e. The van der Waals surface area contributed by atoms with Gasteiger partial charge in [-0.05, 0) is 44.9 Å². The highest BCUT2D eigenvalue weighted by Gasteiger charge is 2.22. The first kappa shape index (κ1) is 101. The Labute approximate surface area is 643 Å². The molecule has 0 aromatic heterocycles. The highest BCUT2D eigenvalue weighted by Crippen LogP contribution is 2.22. The van der Waals surface area contributed by atoms with E-state index in [1.165, 1.54) is 430 Å². The van der Waals surface area contributed by atoms with Crippen LogP contribution in [0.3, 0.4) is 0 Å². The fourth-order valence-corrected chi connectivity index (χ4v) is 14.6. The third kappa shape index (κ3) is 86.9. The minimum absolute atomic E-state index is 0.153. The van der Waals surface area contributed by atoms with Crippen LogP contribution in [0.4, 0.5) is 0 Å². The van der Waals surface area contributed by atoms with Crippen LogP contribution in [0.25, 0.3) is 0 Å². The third-order valence-electron chi connectivity index (χ3n) is 21.7. The maximum Gasteiger partial charge on any atom is 0.306 e. The number of hydrogen-bond donors (Lipinski definition) is 0. The van der Waals surface area contributed by atoms with Crippen molar-refractivity contribution in [2.75, 3.05) is 47.5 Å². The van der Waals surface area contributed by atoms with Crippen molar-refractivity contribution in [2.24, 2.45) is 0 Å². The van der Waals surface area contributed by atoms with Gasteiger partial charge in [0.15, 0.2) is 12.4 Å². The van der Waals surface area contributed by atoms with Crippen molar-refractivity contribution in [1.82, 2.24) is 0 Å². The molecular weight excluding hydrogens is 1270 g/mol. The number of carboxylic acids is 1. The van der Waals surface area contributed by atoms with E-state index in [1.54, 1.807) is 0 Å². The number of unbranched alkanes of at least 4 members (excludes halogenated alkanes) is 70. The predicted octanol–water partition coefficient (Wildman–Crippen LogP) is 29.1. The number of allylic oxidation sites excluding steroid dienone is 4. The van der Waals surface area contributed by atoms with Crippen LogP contribution in [-0.2, 0) is 33.3 Å². The Morgan fingerprint density at radius 1 is 0.291 bits per heavy atom. The van der Waals surface area contributed by atoms with Crippen LogP contribution in [0, 0.1) is 0 Å².